The Hall–Kier alpha value is -0.550. The van der Waals surface area contributed by atoms with E-state index in [0.29, 0.717) is 11.5 Å². The van der Waals surface area contributed by atoms with Gasteiger partial charge in [-0.2, -0.15) is 16.9 Å². The molecular formula is C11H20N4S. The van der Waals surface area contributed by atoms with Crippen LogP contribution in [0, 0.1) is 5.41 Å². The average Bonchev–Trinajstić information content (AvgIpc) is 2.62. The minimum atomic E-state index is 0.389. The van der Waals surface area contributed by atoms with E-state index in [0.717, 1.165) is 12.4 Å². The highest BCUT2D eigenvalue weighted by molar-refractivity contribution is 7.99. The Labute approximate surface area is 101 Å². The standard InChI is InChI=1S/C11H20N4S/c1-11(2)4-5-16-7-9(11)12-6-10-13-8-15(3)14-10/h8-9,12H,4-7H2,1-3H3. The van der Waals surface area contributed by atoms with Gasteiger partial charge in [-0.1, -0.05) is 13.8 Å². The summed E-state index contributed by atoms with van der Waals surface area (Å²) < 4.78 is 1.75. The molecule has 1 N–H and O–H groups in total. The van der Waals surface area contributed by atoms with Crippen molar-refractivity contribution in [1.29, 1.82) is 0 Å². The van der Waals surface area contributed by atoms with Crippen LogP contribution >= 0.6 is 11.8 Å². The van der Waals surface area contributed by atoms with Crippen LogP contribution < -0.4 is 5.32 Å². The van der Waals surface area contributed by atoms with Gasteiger partial charge in [0, 0.05) is 18.8 Å². The van der Waals surface area contributed by atoms with Gasteiger partial charge < -0.3 is 5.32 Å². The lowest BCUT2D eigenvalue weighted by molar-refractivity contribution is 0.243. The van der Waals surface area contributed by atoms with Crippen molar-refractivity contribution in [3.63, 3.8) is 0 Å². The van der Waals surface area contributed by atoms with Gasteiger partial charge in [0.25, 0.3) is 0 Å². The molecule has 0 bridgehead atoms. The third-order valence-corrected chi connectivity index (χ3v) is 4.33. The van der Waals surface area contributed by atoms with E-state index in [1.54, 1.807) is 11.0 Å². The molecule has 5 heteroatoms. The summed E-state index contributed by atoms with van der Waals surface area (Å²) in [4.78, 5) is 4.23. The molecule has 0 radical (unpaired) electrons. The minimum absolute atomic E-state index is 0.389. The lowest BCUT2D eigenvalue weighted by atomic mass is 9.82. The molecule has 1 aliphatic heterocycles. The Morgan fingerprint density at radius 3 is 3.06 bits per heavy atom. The summed E-state index contributed by atoms with van der Waals surface area (Å²) in [6, 6.07) is 0.565. The summed E-state index contributed by atoms with van der Waals surface area (Å²) in [5.41, 5.74) is 0.389. The maximum Gasteiger partial charge on any atom is 0.164 e. The molecule has 4 nitrogen and oxygen atoms in total. The molecule has 2 rings (SSSR count). The number of nitrogens with zero attached hydrogens (tertiary/aromatic N) is 3. The fourth-order valence-corrected chi connectivity index (χ4v) is 3.59. The summed E-state index contributed by atoms with van der Waals surface area (Å²) >= 11 is 2.04. The molecule has 1 saturated heterocycles. The SMILES string of the molecule is Cn1cnc(CNC2CSCCC2(C)C)n1. The number of hydrogen-bond donors (Lipinski definition) is 1. The summed E-state index contributed by atoms with van der Waals surface area (Å²) in [5.74, 6) is 3.36. The number of hydrogen-bond acceptors (Lipinski definition) is 4. The van der Waals surface area contributed by atoms with Gasteiger partial charge in [-0.25, -0.2) is 4.98 Å². The van der Waals surface area contributed by atoms with E-state index in [2.05, 4.69) is 29.2 Å². The molecule has 0 saturated carbocycles. The fourth-order valence-electron chi connectivity index (χ4n) is 1.95. The second-order valence-corrected chi connectivity index (χ2v) is 6.23. The number of nitrogens with one attached hydrogen (secondary N) is 1. The van der Waals surface area contributed by atoms with Crippen LogP contribution in [0.1, 0.15) is 26.1 Å². The predicted octanol–water partition coefficient (Wildman–Crippen LogP) is 1.44. The van der Waals surface area contributed by atoms with Crippen molar-refractivity contribution >= 4 is 11.8 Å². The van der Waals surface area contributed by atoms with Crippen LogP contribution in [0.3, 0.4) is 0 Å². The molecule has 1 aromatic rings. The van der Waals surface area contributed by atoms with Gasteiger partial charge >= 0.3 is 0 Å². The first-order valence-corrected chi connectivity index (χ1v) is 6.89. The van der Waals surface area contributed by atoms with Crippen molar-refractivity contribution in [2.24, 2.45) is 12.5 Å². The fraction of sp³-hybridized carbons (Fsp3) is 0.818. The van der Waals surface area contributed by atoms with Crippen LogP contribution in [0.4, 0.5) is 0 Å². The van der Waals surface area contributed by atoms with E-state index in [1.807, 2.05) is 18.8 Å². The highest BCUT2D eigenvalue weighted by atomic mass is 32.2. The Morgan fingerprint density at radius 1 is 1.62 bits per heavy atom. The monoisotopic (exact) mass is 240 g/mol. The Morgan fingerprint density at radius 2 is 2.44 bits per heavy atom. The third-order valence-electron chi connectivity index (χ3n) is 3.27. The van der Waals surface area contributed by atoms with Crippen LogP contribution in [-0.4, -0.2) is 32.3 Å². The molecule has 16 heavy (non-hydrogen) atoms. The smallest absolute Gasteiger partial charge is 0.164 e. The zero-order valence-corrected chi connectivity index (χ0v) is 11.0. The number of thioether (sulfide) groups is 1. The molecule has 1 fully saturated rings. The van der Waals surface area contributed by atoms with Crippen molar-refractivity contribution in [2.45, 2.75) is 32.9 Å². The van der Waals surface area contributed by atoms with Gasteiger partial charge in [0.2, 0.25) is 0 Å². The second-order valence-electron chi connectivity index (χ2n) is 5.08. The summed E-state index contributed by atoms with van der Waals surface area (Å²) in [6.07, 6.45) is 3.03. The minimum Gasteiger partial charge on any atom is -0.306 e. The third kappa shape index (κ3) is 2.77. The highest BCUT2D eigenvalue weighted by Crippen LogP contribution is 2.34. The molecule has 90 valence electrons. The molecule has 0 spiro atoms. The number of aromatic nitrogens is 3. The Bertz CT molecular complexity index is 348. The van der Waals surface area contributed by atoms with E-state index in [1.165, 1.54) is 17.9 Å². The molecule has 1 atom stereocenters. The molecule has 2 heterocycles. The number of rotatable bonds is 3. The maximum absolute atomic E-state index is 4.28. The largest absolute Gasteiger partial charge is 0.306 e. The van der Waals surface area contributed by atoms with E-state index in [9.17, 15) is 0 Å². The van der Waals surface area contributed by atoms with Crippen LogP contribution in [-0.2, 0) is 13.6 Å². The molecular weight excluding hydrogens is 220 g/mol. The molecule has 1 aromatic heterocycles. The van der Waals surface area contributed by atoms with Crippen molar-refractivity contribution in [3.8, 4) is 0 Å². The van der Waals surface area contributed by atoms with E-state index < -0.39 is 0 Å². The van der Waals surface area contributed by atoms with Crippen LogP contribution in [0.5, 0.6) is 0 Å². The quantitative estimate of drug-likeness (QED) is 0.868. The Balaban J connectivity index is 1.89. The molecule has 1 aliphatic rings. The lowest BCUT2D eigenvalue weighted by Crippen LogP contribution is -2.46. The molecule has 0 amide bonds. The lowest BCUT2D eigenvalue weighted by Gasteiger charge is -2.38. The number of aryl methyl sites for hydroxylation is 1. The van der Waals surface area contributed by atoms with Crippen molar-refractivity contribution in [1.82, 2.24) is 20.1 Å². The van der Waals surface area contributed by atoms with Gasteiger partial charge in [-0.05, 0) is 17.6 Å². The van der Waals surface area contributed by atoms with Crippen molar-refractivity contribution in [2.75, 3.05) is 11.5 Å². The second kappa shape index (κ2) is 4.75. The first kappa shape index (κ1) is 11.9. The van der Waals surface area contributed by atoms with Gasteiger partial charge in [-0.3, -0.25) is 4.68 Å². The normalized spacial score (nSPS) is 24.6. The molecule has 1 unspecified atom stereocenters. The van der Waals surface area contributed by atoms with Gasteiger partial charge in [0.15, 0.2) is 5.82 Å². The zero-order valence-electron chi connectivity index (χ0n) is 10.2. The Kier molecular flexibility index (Phi) is 3.54. The van der Waals surface area contributed by atoms with Gasteiger partial charge in [0.1, 0.15) is 6.33 Å². The van der Waals surface area contributed by atoms with Crippen LogP contribution in [0.25, 0.3) is 0 Å². The molecule has 0 aromatic carbocycles. The summed E-state index contributed by atoms with van der Waals surface area (Å²) in [7, 11) is 1.90. The first-order valence-electron chi connectivity index (χ1n) is 5.73. The maximum atomic E-state index is 4.28. The first-order chi connectivity index (χ1) is 7.58. The van der Waals surface area contributed by atoms with E-state index in [4.69, 9.17) is 0 Å². The topological polar surface area (TPSA) is 42.7 Å². The molecule has 0 aliphatic carbocycles. The van der Waals surface area contributed by atoms with E-state index >= 15 is 0 Å². The van der Waals surface area contributed by atoms with Crippen molar-refractivity contribution < 1.29 is 0 Å². The summed E-state index contributed by atoms with van der Waals surface area (Å²) in [6.45, 7) is 5.46. The predicted molar refractivity (Wildman–Crippen MR) is 67.4 cm³/mol. The highest BCUT2D eigenvalue weighted by Gasteiger charge is 2.32. The van der Waals surface area contributed by atoms with Gasteiger partial charge in [0.05, 0.1) is 6.54 Å². The summed E-state index contributed by atoms with van der Waals surface area (Å²) in [5, 5.41) is 7.86. The van der Waals surface area contributed by atoms with Crippen molar-refractivity contribution in [3.05, 3.63) is 12.2 Å². The van der Waals surface area contributed by atoms with Gasteiger partial charge in [-0.15, -0.1) is 0 Å². The average molecular weight is 240 g/mol. The zero-order chi connectivity index (χ0) is 11.6. The van der Waals surface area contributed by atoms with Crippen LogP contribution in [0.15, 0.2) is 6.33 Å². The van der Waals surface area contributed by atoms with Crippen LogP contribution in [0.2, 0.25) is 0 Å². The van der Waals surface area contributed by atoms with E-state index in [-0.39, 0.29) is 0 Å².